The van der Waals surface area contributed by atoms with E-state index in [-0.39, 0.29) is 17.1 Å². The molecule has 120 valence electrons. The number of aromatic nitrogens is 2. The van der Waals surface area contributed by atoms with Gasteiger partial charge in [-0.15, -0.1) is 0 Å². The van der Waals surface area contributed by atoms with Gasteiger partial charge >= 0.3 is 0 Å². The highest BCUT2D eigenvalue weighted by Crippen LogP contribution is 2.38. The van der Waals surface area contributed by atoms with E-state index in [4.69, 9.17) is 23.1 Å². The van der Waals surface area contributed by atoms with E-state index in [1.165, 1.54) is 23.5 Å². The Bertz CT molecular complexity index is 993. The number of nitrogen functional groups attached to an aromatic ring is 2. The lowest BCUT2D eigenvalue weighted by Crippen LogP contribution is -2.00. The van der Waals surface area contributed by atoms with Gasteiger partial charge in [-0.1, -0.05) is 22.9 Å². The fourth-order valence-electron chi connectivity index (χ4n) is 2.39. The smallest absolute Gasteiger partial charge is 0.180 e. The van der Waals surface area contributed by atoms with Gasteiger partial charge in [0.15, 0.2) is 5.13 Å². The Morgan fingerprint density at radius 1 is 1.21 bits per heavy atom. The number of aryl methyl sites for hydroxylation is 1. The van der Waals surface area contributed by atoms with Crippen LogP contribution in [-0.4, -0.2) is 15.1 Å². The second-order valence-corrected chi connectivity index (χ2v) is 6.50. The molecule has 0 saturated heterocycles. The van der Waals surface area contributed by atoms with Crippen LogP contribution in [0.5, 0.6) is 5.75 Å². The van der Waals surface area contributed by atoms with Gasteiger partial charge < -0.3 is 16.6 Å². The van der Waals surface area contributed by atoms with Crippen LogP contribution in [0.4, 0.5) is 10.9 Å². The van der Waals surface area contributed by atoms with Gasteiger partial charge in [0.05, 0.1) is 21.3 Å². The Morgan fingerprint density at radius 3 is 2.54 bits per heavy atom. The maximum absolute atomic E-state index is 9.53. The van der Waals surface area contributed by atoms with Crippen LogP contribution in [-0.2, 0) is 0 Å². The zero-order valence-corrected chi connectivity index (χ0v) is 14.1. The molecule has 24 heavy (non-hydrogen) atoms. The molecule has 0 aliphatic rings. The van der Waals surface area contributed by atoms with Gasteiger partial charge in [0.25, 0.3) is 0 Å². The molecular weight excluding hydrogens is 346 g/mol. The third-order valence-corrected chi connectivity index (χ3v) is 4.77. The minimum atomic E-state index is 0.0376. The van der Waals surface area contributed by atoms with E-state index in [2.05, 4.69) is 16.0 Å². The zero-order chi connectivity index (χ0) is 17.4. The van der Waals surface area contributed by atoms with Crippen LogP contribution in [0.1, 0.15) is 11.3 Å². The van der Waals surface area contributed by atoms with Crippen molar-refractivity contribution in [1.29, 1.82) is 5.26 Å². The van der Waals surface area contributed by atoms with E-state index in [1.807, 2.05) is 6.92 Å². The molecule has 2 aromatic heterocycles. The van der Waals surface area contributed by atoms with Crippen LogP contribution in [0.3, 0.4) is 0 Å². The summed E-state index contributed by atoms with van der Waals surface area (Å²) in [6.45, 7) is 1.82. The van der Waals surface area contributed by atoms with E-state index in [9.17, 15) is 10.4 Å². The number of rotatable bonds is 2. The van der Waals surface area contributed by atoms with Crippen LogP contribution in [0, 0.1) is 18.3 Å². The summed E-state index contributed by atoms with van der Waals surface area (Å²) in [6.07, 6.45) is 0. The molecule has 3 aromatic rings. The predicted molar refractivity (Wildman–Crippen MR) is 95.7 cm³/mol. The molecule has 0 radical (unpaired) electrons. The second-order valence-electron chi connectivity index (χ2n) is 5.06. The standard InChI is InChI=1S/C16H12ClN5OS/c1-7-14(24-16(20)21-7)13-5-10(11(6-18)15(19)22-13)9-3-2-8(23)4-12(9)17/h2-5,23H,1H3,(H2,19,22)(H2,20,21). The van der Waals surface area contributed by atoms with Gasteiger partial charge in [0.2, 0.25) is 0 Å². The number of phenolic OH excluding ortho intramolecular Hbond substituents is 1. The number of phenols is 1. The van der Waals surface area contributed by atoms with Crippen LogP contribution >= 0.6 is 22.9 Å². The Balaban J connectivity index is 2.29. The first-order valence-corrected chi connectivity index (χ1v) is 8.03. The zero-order valence-electron chi connectivity index (χ0n) is 12.5. The lowest BCUT2D eigenvalue weighted by atomic mass is 9.99. The Morgan fingerprint density at radius 2 is 1.96 bits per heavy atom. The molecule has 0 amide bonds. The number of thiazole rings is 1. The van der Waals surface area contributed by atoms with E-state index >= 15 is 0 Å². The third-order valence-electron chi connectivity index (χ3n) is 3.45. The van der Waals surface area contributed by atoms with Crippen LogP contribution < -0.4 is 11.5 Å². The Labute approximate surface area is 147 Å². The summed E-state index contributed by atoms with van der Waals surface area (Å²) in [6, 6.07) is 8.32. The first kappa shape index (κ1) is 16.1. The normalized spacial score (nSPS) is 10.5. The molecule has 6 nitrogen and oxygen atoms in total. The second kappa shape index (κ2) is 6.00. The van der Waals surface area contributed by atoms with Crippen molar-refractivity contribution in [1.82, 2.24) is 9.97 Å². The fourth-order valence-corrected chi connectivity index (χ4v) is 3.46. The van der Waals surface area contributed by atoms with Gasteiger partial charge in [0.1, 0.15) is 23.2 Å². The van der Waals surface area contributed by atoms with E-state index in [0.29, 0.717) is 27.0 Å². The first-order chi connectivity index (χ1) is 11.4. The minimum absolute atomic E-state index is 0.0376. The molecule has 0 aliphatic carbocycles. The molecule has 0 fully saturated rings. The molecule has 0 bridgehead atoms. The number of nitrogens with two attached hydrogens (primary N) is 2. The molecule has 2 heterocycles. The van der Waals surface area contributed by atoms with E-state index < -0.39 is 0 Å². The summed E-state index contributed by atoms with van der Waals surface area (Å²) >= 11 is 7.51. The van der Waals surface area contributed by atoms with Crippen molar-refractivity contribution >= 4 is 33.9 Å². The van der Waals surface area contributed by atoms with Crippen molar-refractivity contribution in [3.8, 4) is 33.5 Å². The number of anilines is 2. The number of pyridine rings is 1. The lowest BCUT2D eigenvalue weighted by Gasteiger charge is -2.11. The summed E-state index contributed by atoms with van der Waals surface area (Å²) in [5, 5.41) is 19.7. The summed E-state index contributed by atoms with van der Waals surface area (Å²) in [5.41, 5.74) is 14.4. The average Bonchev–Trinajstić information content (AvgIpc) is 2.85. The number of halogens is 1. The number of hydrogen-bond donors (Lipinski definition) is 3. The number of aromatic hydroxyl groups is 1. The highest BCUT2D eigenvalue weighted by atomic mass is 35.5. The predicted octanol–water partition coefficient (Wildman–Crippen LogP) is 3.58. The Hall–Kier alpha value is -2.82. The maximum Gasteiger partial charge on any atom is 0.180 e. The first-order valence-electron chi connectivity index (χ1n) is 6.83. The number of nitrogens with zero attached hydrogens (tertiary/aromatic N) is 3. The monoisotopic (exact) mass is 357 g/mol. The van der Waals surface area contributed by atoms with Gasteiger partial charge in [-0.2, -0.15) is 5.26 Å². The summed E-state index contributed by atoms with van der Waals surface area (Å²) in [4.78, 5) is 9.26. The van der Waals surface area contributed by atoms with Crippen molar-refractivity contribution in [2.75, 3.05) is 11.5 Å². The van der Waals surface area contributed by atoms with Crippen LogP contribution in [0.15, 0.2) is 24.3 Å². The van der Waals surface area contributed by atoms with Gasteiger partial charge in [-0.05, 0) is 31.2 Å². The number of benzene rings is 1. The average molecular weight is 358 g/mol. The molecule has 0 saturated carbocycles. The summed E-state index contributed by atoms with van der Waals surface area (Å²) < 4.78 is 0. The van der Waals surface area contributed by atoms with Crippen molar-refractivity contribution in [3.05, 3.63) is 40.5 Å². The molecule has 1 aromatic carbocycles. The molecule has 5 N–H and O–H groups in total. The summed E-state index contributed by atoms with van der Waals surface area (Å²) in [5.74, 6) is 0.135. The highest BCUT2D eigenvalue weighted by molar-refractivity contribution is 7.18. The molecular formula is C16H12ClN5OS. The fraction of sp³-hybridized carbons (Fsp3) is 0.0625. The van der Waals surface area contributed by atoms with Crippen molar-refractivity contribution in [3.63, 3.8) is 0 Å². The molecule has 0 aliphatic heterocycles. The van der Waals surface area contributed by atoms with Gasteiger partial charge in [0, 0.05) is 11.1 Å². The topological polar surface area (TPSA) is 122 Å². The lowest BCUT2D eigenvalue weighted by molar-refractivity contribution is 0.475. The maximum atomic E-state index is 9.53. The molecule has 3 rings (SSSR count). The minimum Gasteiger partial charge on any atom is -0.508 e. The van der Waals surface area contributed by atoms with Gasteiger partial charge in [-0.25, -0.2) is 9.97 Å². The largest absolute Gasteiger partial charge is 0.508 e. The van der Waals surface area contributed by atoms with Crippen LogP contribution in [0.2, 0.25) is 5.02 Å². The van der Waals surface area contributed by atoms with Crippen molar-refractivity contribution in [2.24, 2.45) is 0 Å². The van der Waals surface area contributed by atoms with E-state index in [0.717, 1.165) is 10.6 Å². The molecule has 8 heteroatoms. The number of nitriles is 1. The highest BCUT2D eigenvalue weighted by Gasteiger charge is 2.18. The molecule has 0 spiro atoms. The van der Waals surface area contributed by atoms with Gasteiger partial charge in [-0.3, -0.25) is 0 Å². The summed E-state index contributed by atoms with van der Waals surface area (Å²) in [7, 11) is 0. The molecule has 0 unspecified atom stereocenters. The third kappa shape index (κ3) is 2.73. The van der Waals surface area contributed by atoms with E-state index in [1.54, 1.807) is 12.1 Å². The van der Waals surface area contributed by atoms with Crippen molar-refractivity contribution in [2.45, 2.75) is 6.92 Å². The quantitative estimate of drug-likeness (QED) is 0.644. The SMILES string of the molecule is Cc1nc(N)sc1-c1cc(-c2ccc(O)cc2Cl)c(C#N)c(N)n1. The van der Waals surface area contributed by atoms with Crippen LogP contribution in [0.25, 0.3) is 21.7 Å². The molecule has 0 atom stereocenters. The number of hydrogen-bond acceptors (Lipinski definition) is 7. The Kier molecular flexibility index (Phi) is 4.01. The van der Waals surface area contributed by atoms with Crippen molar-refractivity contribution < 1.29 is 5.11 Å².